The van der Waals surface area contributed by atoms with E-state index in [9.17, 15) is 14.0 Å². The van der Waals surface area contributed by atoms with Gasteiger partial charge in [-0.15, -0.1) is 0 Å². The summed E-state index contributed by atoms with van der Waals surface area (Å²) in [7, 11) is 0. The van der Waals surface area contributed by atoms with Gasteiger partial charge in [0.2, 0.25) is 0 Å². The Labute approximate surface area is 157 Å². The molecule has 1 saturated heterocycles. The lowest BCUT2D eigenvalue weighted by Crippen LogP contribution is -2.39. The lowest BCUT2D eigenvalue weighted by atomic mass is 10.1. The second kappa shape index (κ2) is 6.34. The summed E-state index contributed by atoms with van der Waals surface area (Å²) >= 11 is 11.9. The zero-order valence-corrected chi connectivity index (χ0v) is 14.7. The molecule has 6 nitrogen and oxygen atoms in total. The fourth-order valence-corrected chi connectivity index (χ4v) is 3.39. The van der Waals surface area contributed by atoms with Crippen LogP contribution in [0.2, 0.25) is 10.0 Å². The predicted octanol–water partition coefficient (Wildman–Crippen LogP) is 3.63. The standard InChI is InChI=1S/C17H11Cl2FN4O2/c18-9-4-6-10(7-5-9)24-16(25)14-15(17(24)26)23(22-21-14)8-11-12(19)2-1-3-13(11)20/h1-7,14-15H,8H2/t14-,15-/m1/s1. The number of hydrogen-bond donors (Lipinski definition) is 0. The molecule has 2 aliphatic rings. The van der Waals surface area contributed by atoms with Crippen LogP contribution in [-0.4, -0.2) is 28.9 Å². The van der Waals surface area contributed by atoms with Gasteiger partial charge in [0.05, 0.1) is 12.2 Å². The third-order valence-electron chi connectivity index (χ3n) is 4.32. The van der Waals surface area contributed by atoms with Crippen LogP contribution >= 0.6 is 23.2 Å². The van der Waals surface area contributed by atoms with Crippen LogP contribution in [0.4, 0.5) is 10.1 Å². The van der Waals surface area contributed by atoms with Crippen molar-refractivity contribution in [3.8, 4) is 0 Å². The van der Waals surface area contributed by atoms with Gasteiger partial charge in [0.25, 0.3) is 11.8 Å². The first-order chi connectivity index (χ1) is 12.5. The molecule has 0 unspecified atom stereocenters. The van der Waals surface area contributed by atoms with Gasteiger partial charge in [0.1, 0.15) is 5.82 Å². The van der Waals surface area contributed by atoms with E-state index < -0.39 is 29.7 Å². The summed E-state index contributed by atoms with van der Waals surface area (Å²) < 4.78 is 14.0. The van der Waals surface area contributed by atoms with Gasteiger partial charge >= 0.3 is 0 Å². The maximum Gasteiger partial charge on any atom is 0.263 e. The van der Waals surface area contributed by atoms with Crippen LogP contribution in [0.25, 0.3) is 0 Å². The molecule has 2 amide bonds. The largest absolute Gasteiger partial charge is 0.271 e. The van der Waals surface area contributed by atoms with Gasteiger partial charge < -0.3 is 0 Å². The Kier molecular flexibility index (Phi) is 4.13. The lowest BCUT2D eigenvalue weighted by molar-refractivity contribution is -0.123. The van der Waals surface area contributed by atoms with Gasteiger partial charge in [0.15, 0.2) is 12.1 Å². The van der Waals surface area contributed by atoms with E-state index in [-0.39, 0.29) is 17.1 Å². The van der Waals surface area contributed by atoms with Crippen molar-refractivity contribution < 1.29 is 14.0 Å². The molecule has 2 heterocycles. The van der Waals surface area contributed by atoms with E-state index in [0.717, 1.165) is 4.90 Å². The molecule has 2 aliphatic heterocycles. The molecule has 1 fully saturated rings. The third-order valence-corrected chi connectivity index (χ3v) is 4.93. The van der Waals surface area contributed by atoms with Crippen molar-refractivity contribution in [2.45, 2.75) is 18.6 Å². The molecule has 132 valence electrons. The Bertz CT molecular complexity index is 915. The van der Waals surface area contributed by atoms with Crippen LogP contribution in [0.3, 0.4) is 0 Å². The lowest BCUT2D eigenvalue weighted by Gasteiger charge is -2.21. The zero-order chi connectivity index (χ0) is 18.4. The molecule has 0 N–H and O–H groups in total. The summed E-state index contributed by atoms with van der Waals surface area (Å²) in [5, 5.41) is 9.79. The van der Waals surface area contributed by atoms with E-state index in [1.165, 1.54) is 17.1 Å². The molecule has 2 aromatic carbocycles. The number of hydrogen-bond acceptors (Lipinski definition) is 5. The van der Waals surface area contributed by atoms with Crippen LogP contribution in [0.1, 0.15) is 5.56 Å². The number of fused-ring (bicyclic) bond motifs is 1. The molecule has 0 aliphatic carbocycles. The van der Waals surface area contributed by atoms with Gasteiger partial charge in [-0.05, 0) is 36.4 Å². The average Bonchev–Trinajstić information content (AvgIpc) is 3.13. The normalized spacial score (nSPS) is 21.7. The minimum absolute atomic E-state index is 0.0658. The highest BCUT2D eigenvalue weighted by molar-refractivity contribution is 6.31. The van der Waals surface area contributed by atoms with Crippen molar-refractivity contribution in [2.75, 3.05) is 4.90 Å². The van der Waals surface area contributed by atoms with Crippen molar-refractivity contribution in [1.82, 2.24) is 5.01 Å². The molecule has 4 rings (SSSR count). The third kappa shape index (κ3) is 2.64. The van der Waals surface area contributed by atoms with Gasteiger partial charge in [-0.1, -0.05) is 34.5 Å². The highest BCUT2D eigenvalue weighted by Gasteiger charge is 2.54. The van der Waals surface area contributed by atoms with Crippen molar-refractivity contribution in [2.24, 2.45) is 10.3 Å². The smallest absolute Gasteiger partial charge is 0.263 e. The Morgan fingerprint density at radius 1 is 1.04 bits per heavy atom. The van der Waals surface area contributed by atoms with Gasteiger partial charge in [-0.2, -0.15) is 5.11 Å². The van der Waals surface area contributed by atoms with Crippen LogP contribution in [0, 0.1) is 5.82 Å². The Balaban J connectivity index is 1.63. The Hall–Kier alpha value is -2.51. The van der Waals surface area contributed by atoms with Gasteiger partial charge in [-0.25, -0.2) is 9.29 Å². The molecule has 9 heteroatoms. The first-order valence-corrected chi connectivity index (χ1v) is 8.46. The summed E-state index contributed by atoms with van der Waals surface area (Å²) in [6.45, 7) is -0.0658. The monoisotopic (exact) mass is 392 g/mol. The number of imide groups is 1. The Morgan fingerprint density at radius 3 is 2.46 bits per heavy atom. The molecule has 0 spiro atoms. The van der Waals surface area contributed by atoms with Crippen LogP contribution < -0.4 is 4.90 Å². The van der Waals surface area contributed by atoms with E-state index in [2.05, 4.69) is 10.3 Å². The molecule has 0 bridgehead atoms. The summed E-state index contributed by atoms with van der Waals surface area (Å²) in [6, 6.07) is 8.76. The van der Waals surface area contributed by atoms with Crippen molar-refractivity contribution >= 4 is 40.7 Å². The van der Waals surface area contributed by atoms with E-state index in [1.54, 1.807) is 30.3 Å². The van der Waals surface area contributed by atoms with E-state index in [4.69, 9.17) is 23.2 Å². The average molecular weight is 393 g/mol. The summed E-state index contributed by atoms with van der Waals surface area (Å²) in [5.74, 6) is -1.46. The van der Waals surface area contributed by atoms with Crippen molar-refractivity contribution in [3.63, 3.8) is 0 Å². The molecule has 2 atom stereocenters. The highest BCUT2D eigenvalue weighted by Crippen LogP contribution is 2.34. The van der Waals surface area contributed by atoms with E-state index in [0.29, 0.717) is 10.7 Å². The maximum atomic E-state index is 14.0. The number of anilines is 1. The predicted molar refractivity (Wildman–Crippen MR) is 93.3 cm³/mol. The number of amides is 2. The van der Waals surface area contributed by atoms with Gasteiger partial charge in [-0.3, -0.25) is 14.6 Å². The number of rotatable bonds is 3. The molecule has 0 aromatic heterocycles. The van der Waals surface area contributed by atoms with Gasteiger partial charge in [0, 0.05) is 15.6 Å². The second-order valence-corrected chi connectivity index (χ2v) is 6.72. The topological polar surface area (TPSA) is 65.3 Å². The van der Waals surface area contributed by atoms with E-state index >= 15 is 0 Å². The summed E-state index contributed by atoms with van der Waals surface area (Å²) in [6.07, 6.45) is 0. The minimum atomic E-state index is -0.955. The summed E-state index contributed by atoms with van der Waals surface area (Å²) in [5.41, 5.74) is 0.594. The van der Waals surface area contributed by atoms with Crippen LogP contribution in [0.15, 0.2) is 52.8 Å². The first kappa shape index (κ1) is 16.9. The van der Waals surface area contributed by atoms with Crippen LogP contribution in [0.5, 0.6) is 0 Å². The maximum absolute atomic E-state index is 14.0. The molecule has 0 radical (unpaired) electrons. The second-order valence-electron chi connectivity index (χ2n) is 5.88. The highest BCUT2D eigenvalue weighted by atomic mass is 35.5. The number of carbonyl (C=O) groups is 2. The number of halogens is 3. The minimum Gasteiger partial charge on any atom is -0.271 e. The van der Waals surface area contributed by atoms with Crippen molar-refractivity contribution in [1.29, 1.82) is 0 Å². The zero-order valence-electron chi connectivity index (χ0n) is 13.1. The summed E-state index contributed by atoms with van der Waals surface area (Å²) in [4.78, 5) is 26.5. The molecule has 0 saturated carbocycles. The number of benzene rings is 2. The fraction of sp³-hybridized carbons (Fsp3) is 0.176. The SMILES string of the molecule is O=C1[C@@H]2N=NN(Cc3c(F)cccc3Cl)[C@H]2C(=O)N1c1ccc(Cl)cc1. The quantitative estimate of drug-likeness (QED) is 0.749. The van der Waals surface area contributed by atoms with Crippen molar-refractivity contribution in [3.05, 3.63) is 63.9 Å². The Morgan fingerprint density at radius 2 is 1.77 bits per heavy atom. The molecule has 2 aromatic rings. The first-order valence-electron chi connectivity index (χ1n) is 7.71. The molecular weight excluding hydrogens is 382 g/mol. The molecule has 26 heavy (non-hydrogen) atoms. The number of nitrogens with zero attached hydrogens (tertiary/aromatic N) is 4. The van der Waals surface area contributed by atoms with E-state index in [1.807, 2.05) is 0 Å². The fourth-order valence-electron chi connectivity index (χ4n) is 3.04. The molecular formula is C17H11Cl2FN4O2. The van der Waals surface area contributed by atoms with Crippen LogP contribution in [-0.2, 0) is 16.1 Å². The number of carbonyl (C=O) groups excluding carboxylic acids is 2.